The molecular formula is C28H46INO8Si. The molecule has 5 unspecified atom stereocenters. The summed E-state index contributed by atoms with van der Waals surface area (Å²) in [6.45, 7) is 16.8. The second-order valence-electron chi connectivity index (χ2n) is 12.6. The van der Waals surface area contributed by atoms with Gasteiger partial charge in [0, 0.05) is 12.6 Å². The number of carbonyl (C=O) groups is 2. The van der Waals surface area contributed by atoms with Crippen LogP contribution >= 0.6 is 22.6 Å². The molecule has 11 heteroatoms. The molecule has 2 N–H and O–H groups in total. The van der Waals surface area contributed by atoms with Crippen LogP contribution < -0.4 is 5.32 Å². The lowest BCUT2D eigenvalue weighted by Gasteiger charge is -2.50. The number of nitrogens with one attached hydrogen (secondary N) is 1. The third kappa shape index (κ3) is 8.28. The topological polar surface area (TPSA) is 113 Å². The first-order valence-electron chi connectivity index (χ1n) is 13.9. The average molecular weight is 680 g/mol. The third-order valence-corrected chi connectivity index (χ3v) is 13.3. The van der Waals surface area contributed by atoms with Crippen molar-refractivity contribution in [2.75, 3.05) is 7.11 Å². The highest BCUT2D eigenvalue weighted by Crippen LogP contribution is 2.45. The molecule has 0 aromatic carbocycles. The Bertz CT molecular complexity index is 935. The Balaban J connectivity index is 1.77. The first kappa shape index (κ1) is 32.5. The highest BCUT2D eigenvalue weighted by atomic mass is 127. The number of hydrogen-bond acceptors (Lipinski definition) is 8. The molecule has 0 radical (unpaired) electrons. The SMILES string of the molecule is C=C(I)C[C@H](C)CCC(=O)N/C=C1/OC2C(O[C@H]3CCC(CC(=O)OC)O[C@@H]3C2O[Si](C)(C)C(C)(C)C)C1O. The van der Waals surface area contributed by atoms with Crippen molar-refractivity contribution in [3.8, 4) is 0 Å². The molecular weight excluding hydrogens is 633 g/mol. The average Bonchev–Trinajstić information content (AvgIpc) is 3.15. The highest BCUT2D eigenvalue weighted by Gasteiger charge is 2.59. The second kappa shape index (κ2) is 13.3. The molecule has 3 rings (SSSR count). The number of carbonyl (C=O) groups excluding carboxylic acids is 2. The third-order valence-electron chi connectivity index (χ3n) is 8.34. The summed E-state index contributed by atoms with van der Waals surface area (Å²) in [4.78, 5) is 24.4. The number of allylic oxidation sites excluding steroid dienone is 1. The van der Waals surface area contributed by atoms with E-state index in [2.05, 4.69) is 75.3 Å². The van der Waals surface area contributed by atoms with Gasteiger partial charge >= 0.3 is 5.97 Å². The summed E-state index contributed by atoms with van der Waals surface area (Å²) in [5.74, 6) is 0.145. The van der Waals surface area contributed by atoms with Gasteiger partial charge < -0.3 is 33.8 Å². The molecule has 8 atom stereocenters. The summed E-state index contributed by atoms with van der Waals surface area (Å²) < 4.78 is 31.8. The standard InChI is InChI=1S/C28H46INO8Si/c1-16(13-17(2)29)9-12-21(31)30-15-20-23(33)25-26(37-20)27(38-39(7,8)28(3,4)5)24-19(36-25)11-10-18(35-24)14-22(32)34-6/h15-16,18-19,23-27,33H,2,9-14H2,1,3-8H3,(H,30,31)/b20-15+/t16-,18?,19+,23?,24+,25?,26?,27?/m1/s1. The molecule has 1 amide bonds. The number of aliphatic hydroxyl groups excluding tert-OH is 1. The van der Waals surface area contributed by atoms with Crippen LogP contribution in [0, 0.1) is 5.92 Å². The van der Waals surface area contributed by atoms with Crippen LogP contribution in [0.2, 0.25) is 18.1 Å². The molecule has 3 fully saturated rings. The zero-order valence-corrected chi connectivity index (χ0v) is 27.5. The van der Waals surface area contributed by atoms with Gasteiger partial charge in [-0.05, 0) is 75.9 Å². The number of amides is 1. The summed E-state index contributed by atoms with van der Waals surface area (Å²) in [5, 5.41) is 13.9. The van der Waals surface area contributed by atoms with E-state index in [0.717, 1.165) is 16.4 Å². The molecule has 3 aliphatic rings. The molecule has 0 aromatic heterocycles. The van der Waals surface area contributed by atoms with Crippen LogP contribution in [0.25, 0.3) is 0 Å². The van der Waals surface area contributed by atoms with Gasteiger partial charge in [-0.25, -0.2) is 0 Å². The lowest BCUT2D eigenvalue weighted by atomic mass is 9.88. The number of aliphatic hydroxyl groups is 1. The Morgan fingerprint density at radius 3 is 2.54 bits per heavy atom. The Morgan fingerprint density at radius 1 is 1.23 bits per heavy atom. The Hall–Kier alpha value is -0.993. The van der Waals surface area contributed by atoms with Crippen molar-refractivity contribution >= 4 is 42.8 Å². The predicted octanol–water partition coefficient (Wildman–Crippen LogP) is 4.73. The molecule has 0 spiro atoms. The van der Waals surface area contributed by atoms with Crippen LogP contribution in [-0.4, -0.2) is 75.1 Å². The van der Waals surface area contributed by atoms with Crippen molar-refractivity contribution in [2.45, 2.75) is 127 Å². The van der Waals surface area contributed by atoms with Crippen molar-refractivity contribution < 1.29 is 38.1 Å². The van der Waals surface area contributed by atoms with Crippen molar-refractivity contribution in [2.24, 2.45) is 5.92 Å². The molecule has 0 aliphatic carbocycles. The minimum atomic E-state index is -2.29. The van der Waals surface area contributed by atoms with Crippen LogP contribution in [0.3, 0.4) is 0 Å². The molecule has 222 valence electrons. The predicted molar refractivity (Wildman–Crippen MR) is 159 cm³/mol. The molecule has 9 nitrogen and oxygen atoms in total. The van der Waals surface area contributed by atoms with Gasteiger partial charge in [-0.15, -0.1) is 0 Å². The lowest BCUT2D eigenvalue weighted by molar-refractivity contribution is -0.255. The van der Waals surface area contributed by atoms with E-state index in [0.29, 0.717) is 25.2 Å². The largest absolute Gasteiger partial charge is 0.485 e. The number of rotatable bonds is 10. The van der Waals surface area contributed by atoms with E-state index in [1.165, 1.54) is 13.3 Å². The fraction of sp³-hybridized carbons (Fsp3) is 0.786. The van der Waals surface area contributed by atoms with Gasteiger partial charge in [0.15, 0.2) is 14.4 Å². The minimum Gasteiger partial charge on any atom is -0.485 e. The normalized spacial score (nSPS) is 32.5. The van der Waals surface area contributed by atoms with E-state index >= 15 is 0 Å². The lowest BCUT2D eigenvalue weighted by Crippen LogP contribution is -2.64. The van der Waals surface area contributed by atoms with Crippen molar-refractivity contribution in [3.63, 3.8) is 0 Å². The van der Waals surface area contributed by atoms with E-state index in [1.54, 1.807) is 0 Å². The van der Waals surface area contributed by atoms with E-state index < -0.39 is 38.8 Å². The summed E-state index contributed by atoms with van der Waals surface area (Å²) in [6.07, 6.45) is 0.988. The van der Waals surface area contributed by atoms with Gasteiger partial charge in [-0.3, -0.25) is 9.59 Å². The van der Waals surface area contributed by atoms with Gasteiger partial charge in [0.05, 0.1) is 25.7 Å². The van der Waals surface area contributed by atoms with Crippen molar-refractivity contribution in [1.82, 2.24) is 5.32 Å². The Kier molecular flexibility index (Phi) is 11.1. The molecule has 3 aliphatic heterocycles. The van der Waals surface area contributed by atoms with Crippen molar-refractivity contribution in [1.29, 1.82) is 0 Å². The number of hydrogen-bond donors (Lipinski definition) is 2. The molecule has 0 aromatic rings. The zero-order chi connectivity index (χ0) is 29.1. The van der Waals surface area contributed by atoms with Gasteiger partial charge in [0.2, 0.25) is 5.91 Å². The molecule has 3 saturated heterocycles. The quantitative estimate of drug-likeness (QED) is 0.194. The van der Waals surface area contributed by atoms with E-state index in [-0.39, 0.29) is 41.3 Å². The van der Waals surface area contributed by atoms with Crippen LogP contribution in [0.1, 0.15) is 66.2 Å². The van der Waals surface area contributed by atoms with Crippen molar-refractivity contribution in [3.05, 3.63) is 22.1 Å². The summed E-state index contributed by atoms with van der Waals surface area (Å²) >= 11 is 2.21. The van der Waals surface area contributed by atoms with E-state index in [9.17, 15) is 14.7 Å². The first-order valence-corrected chi connectivity index (χ1v) is 17.8. The second-order valence-corrected chi connectivity index (χ2v) is 18.9. The van der Waals surface area contributed by atoms with Crippen LogP contribution in [-0.2, 0) is 33.0 Å². The highest BCUT2D eigenvalue weighted by molar-refractivity contribution is 14.1. The number of halogens is 1. The maximum absolute atomic E-state index is 12.5. The first-order chi connectivity index (χ1) is 18.1. The number of esters is 1. The monoisotopic (exact) mass is 679 g/mol. The van der Waals surface area contributed by atoms with E-state index in [4.69, 9.17) is 23.4 Å². The minimum absolute atomic E-state index is 0.0684. The molecule has 39 heavy (non-hydrogen) atoms. The number of methoxy groups -OCH3 is 1. The molecule has 0 saturated carbocycles. The summed E-state index contributed by atoms with van der Waals surface area (Å²) in [7, 11) is -0.918. The van der Waals surface area contributed by atoms with Crippen LogP contribution in [0.15, 0.2) is 22.1 Å². The van der Waals surface area contributed by atoms with Crippen LogP contribution in [0.4, 0.5) is 0 Å². The van der Waals surface area contributed by atoms with Gasteiger partial charge in [-0.1, -0.05) is 34.3 Å². The number of fused-ring (bicyclic) bond motifs is 2. The summed E-state index contributed by atoms with van der Waals surface area (Å²) in [6, 6.07) is 0. The smallest absolute Gasteiger partial charge is 0.308 e. The Labute approximate surface area is 247 Å². The van der Waals surface area contributed by atoms with E-state index in [1.807, 2.05) is 0 Å². The van der Waals surface area contributed by atoms with Crippen LogP contribution in [0.5, 0.6) is 0 Å². The maximum Gasteiger partial charge on any atom is 0.308 e. The number of ether oxygens (including phenoxy) is 4. The van der Waals surface area contributed by atoms with Gasteiger partial charge in [-0.2, -0.15) is 0 Å². The van der Waals surface area contributed by atoms with Gasteiger partial charge in [0.25, 0.3) is 0 Å². The zero-order valence-electron chi connectivity index (χ0n) is 24.3. The fourth-order valence-corrected chi connectivity index (χ4v) is 7.08. The molecule has 0 bridgehead atoms. The fourth-order valence-electron chi connectivity index (χ4n) is 5.03. The summed E-state index contributed by atoms with van der Waals surface area (Å²) in [5.41, 5.74) is 0. The van der Waals surface area contributed by atoms with Gasteiger partial charge in [0.1, 0.15) is 30.2 Å². The molecule has 3 heterocycles. The Morgan fingerprint density at radius 2 is 1.92 bits per heavy atom. The maximum atomic E-state index is 12.5.